The summed E-state index contributed by atoms with van der Waals surface area (Å²) in [4.78, 5) is 28.9. The van der Waals surface area contributed by atoms with Gasteiger partial charge < -0.3 is 10.2 Å². The van der Waals surface area contributed by atoms with E-state index in [4.69, 9.17) is 0 Å². The Bertz CT molecular complexity index is 1030. The molecular formula is C22H28N4O4S. The highest BCUT2D eigenvalue weighted by Gasteiger charge is 2.24. The predicted octanol–water partition coefficient (Wildman–Crippen LogP) is 1.64. The highest BCUT2D eigenvalue weighted by atomic mass is 32.2. The van der Waals surface area contributed by atoms with Crippen molar-refractivity contribution in [1.82, 2.24) is 14.1 Å². The Balaban J connectivity index is 1.51. The molecule has 1 fully saturated rings. The molecule has 0 unspecified atom stereocenters. The summed E-state index contributed by atoms with van der Waals surface area (Å²) in [5.74, 6) is -0.223. The molecule has 9 heteroatoms. The summed E-state index contributed by atoms with van der Waals surface area (Å²) in [6.07, 6.45) is 0. The van der Waals surface area contributed by atoms with Gasteiger partial charge in [-0.1, -0.05) is 17.7 Å². The number of carbonyl (C=O) groups is 2. The van der Waals surface area contributed by atoms with E-state index in [9.17, 15) is 18.0 Å². The Morgan fingerprint density at radius 2 is 1.52 bits per heavy atom. The third-order valence-corrected chi connectivity index (χ3v) is 7.07. The fourth-order valence-electron chi connectivity index (χ4n) is 3.31. The zero-order chi connectivity index (χ0) is 22.6. The molecule has 1 saturated heterocycles. The Kier molecular flexibility index (Phi) is 7.09. The Labute approximate surface area is 183 Å². The second-order valence-electron chi connectivity index (χ2n) is 7.79. The molecule has 0 radical (unpaired) electrons. The molecule has 166 valence electrons. The highest BCUT2D eigenvalue weighted by molar-refractivity contribution is 7.89. The van der Waals surface area contributed by atoms with Crippen LogP contribution < -0.4 is 5.32 Å². The van der Waals surface area contributed by atoms with Crippen LogP contribution in [-0.4, -0.2) is 81.2 Å². The second kappa shape index (κ2) is 9.59. The molecule has 0 saturated carbocycles. The van der Waals surface area contributed by atoms with Gasteiger partial charge in [-0.2, -0.15) is 0 Å². The minimum Gasteiger partial charge on any atom is -0.336 e. The molecule has 1 heterocycles. The van der Waals surface area contributed by atoms with Crippen LogP contribution in [0.1, 0.15) is 15.9 Å². The number of hydrogen-bond donors (Lipinski definition) is 1. The standard InChI is InChI=1S/C22H28N4O4S/c1-17-4-8-19(9-5-17)23-21(27)16-25-12-14-26(15-13-25)22(28)18-6-10-20(11-7-18)31(29,30)24(2)3/h4-11H,12-16H2,1-3H3,(H,23,27). The van der Waals surface area contributed by atoms with Crippen molar-refractivity contribution in [2.45, 2.75) is 11.8 Å². The number of sulfonamides is 1. The lowest BCUT2D eigenvalue weighted by molar-refractivity contribution is -0.117. The van der Waals surface area contributed by atoms with Crippen LogP contribution in [0.4, 0.5) is 5.69 Å². The van der Waals surface area contributed by atoms with E-state index in [0.29, 0.717) is 31.7 Å². The lowest BCUT2D eigenvalue weighted by Crippen LogP contribution is -2.50. The maximum Gasteiger partial charge on any atom is 0.253 e. The number of aryl methyl sites for hydroxylation is 1. The summed E-state index contributed by atoms with van der Waals surface area (Å²) < 4.78 is 25.5. The third kappa shape index (κ3) is 5.69. The summed E-state index contributed by atoms with van der Waals surface area (Å²) in [6, 6.07) is 13.6. The summed E-state index contributed by atoms with van der Waals surface area (Å²) in [6.45, 7) is 4.47. The van der Waals surface area contributed by atoms with Crippen LogP contribution >= 0.6 is 0 Å². The molecule has 0 spiro atoms. The summed E-state index contributed by atoms with van der Waals surface area (Å²) in [7, 11) is -0.590. The van der Waals surface area contributed by atoms with Gasteiger partial charge in [-0.25, -0.2) is 12.7 Å². The number of amides is 2. The van der Waals surface area contributed by atoms with Crippen molar-refractivity contribution < 1.29 is 18.0 Å². The van der Waals surface area contributed by atoms with Crippen LogP contribution in [0, 0.1) is 6.92 Å². The van der Waals surface area contributed by atoms with Crippen molar-refractivity contribution in [2.24, 2.45) is 0 Å². The number of nitrogens with one attached hydrogen (secondary N) is 1. The Morgan fingerprint density at radius 1 is 0.935 bits per heavy atom. The number of nitrogens with zero attached hydrogens (tertiary/aromatic N) is 3. The van der Waals surface area contributed by atoms with E-state index >= 15 is 0 Å². The predicted molar refractivity (Wildman–Crippen MR) is 119 cm³/mol. The van der Waals surface area contributed by atoms with Gasteiger partial charge >= 0.3 is 0 Å². The molecule has 0 atom stereocenters. The maximum absolute atomic E-state index is 12.8. The number of carbonyl (C=O) groups excluding carboxylic acids is 2. The van der Waals surface area contributed by atoms with E-state index < -0.39 is 10.0 Å². The van der Waals surface area contributed by atoms with Crippen molar-refractivity contribution in [3.8, 4) is 0 Å². The topological polar surface area (TPSA) is 90.0 Å². The van der Waals surface area contributed by atoms with Crippen molar-refractivity contribution in [2.75, 3.05) is 52.1 Å². The summed E-state index contributed by atoms with van der Waals surface area (Å²) in [5.41, 5.74) is 2.35. The molecule has 1 aliphatic heterocycles. The quantitative estimate of drug-likeness (QED) is 0.732. The van der Waals surface area contributed by atoms with Crippen molar-refractivity contribution in [3.05, 3.63) is 59.7 Å². The normalized spacial score (nSPS) is 15.2. The molecule has 3 rings (SSSR count). The van der Waals surface area contributed by atoms with Gasteiger partial charge in [0.2, 0.25) is 15.9 Å². The van der Waals surface area contributed by atoms with Gasteiger partial charge in [-0.05, 0) is 43.3 Å². The summed E-state index contributed by atoms with van der Waals surface area (Å²) in [5, 5.41) is 2.89. The fraction of sp³-hybridized carbons (Fsp3) is 0.364. The molecule has 0 bridgehead atoms. The first kappa shape index (κ1) is 22.9. The minimum absolute atomic E-state index is 0.0821. The van der Waals surface area contributed by atoms with Gasteiger partial charge in [0.25, 0.3) is 5.91 Å². The first-order valence-electron chi connectivity index (χ1n) is 10.1. The largest absolute Gasteiger partial charge is 0.336 e. The van der Waals surface area contributed by atoms with E-state index in [2.05, 4.69) is 5.32 Å². The highest BCUT2D eigenvalue weighted by Crippen LogP contribution is 2.16. The molecule has 2 amide bonds. The van der Waals surface area contributed by atoms with Gasteiger partial charge in [0.15, 0.2) is 0 Å². The number of rotatable bonds is 6. The molecule has 31 heavy (non-hydrogen) atoms. The lowest BCUT2D eigenvalue weighted by atomic mass is 10.2. The van der Waals surface area contributed by atoms with Crippen LogP contribution in [0.15, 0.2) is 53.4 Å². The number of hydrogen-bond acceptors (Lipinski definition) is 5. The van der Waals surface area contributed by atoms with Gasteiger partial charge in [-0.3, -0.25) is 14.5 Å². The van der Waals surface area contributed by atoms with Gasteiger partial charge in [0, 0.05) is 51.5 Å². The van der Waals surface area contributed by atoms with Crippen LogP contribution in [0.3, 0.4) is 0 Å². The van der Waals surface area contributed by atoms with Gasteiger partial charge in [-0.15, -0.1) is 0 Å². The molecule has 8 nitrogen and oxygen atoms in total. The molecule has 0 aromatic heterocycles. The van der Waals surface area contributed by atoms with Crippen molar-refractivity contribution in [1.29, 1.82) is 0 Å². The molecular weight excluding hydrogens is 416 g/mol. The maximum atomic E-state index is 12.8. The first-order chi connectivity index (χ1) is 14.7. The van der Waals surface area contributed by atoms with E-state index in [1.807, 2.05) is 36.1 Å². The average Bonchev–Trinajstić information content (AvgIpc) is 2.75. The third-order valence-electron chi connectivity index (χ3n) is 5.24. The van der Waals surface area contributed by atoms with Crippen molar-refractivity contribution in [3.63, 3.8) is 0 Å². The molecule has 2 aromatic carbocycles. The smallest absolute Gasteiger partial charge is 0.253 e. The van der Waals surface area contributed by atoms with Gasteiger partial charge in [0.1, 0.15) is 0 Å². The van der Waals surface area contributed by atoms with Crippen LogP contribution in [0.25, 0.3) is 0 Å². The van der Waals surface area contributed by atoms with E-state index in [1.165, 1.54) is 26.2 Å². The molecule has 1 aliphatic rings. The average molecular weight is 445 g/mol. The van der Waals surface area contributed by atoms with Crippen LogP contribution in [-0.2, 0) is 14.8 Å². The first-order valence-corrected chi connectivity index (χ1v) is 11.5. The van der Waals surface area contributed by atoms with E-state index in [1.54, 1.807) is 17.0 Å². The number of anilines is 1. The van der Waals surface area contributed by atoms with Crippen LogP contribution in [0.5, 0.6) is 0 Å². The Hall–Kier alpha value is -2.75. The SMILES string of the molecule is Cc1ccc(NC(=O)CN2CCN(C(=O)c3ccc(S(=O)(=O)N(C)C)cc3)CC2)cc1. The second-order valence-corrected chi connectivity index (χ2v) is 9.95. The zero-order valence-corrected chi connectivity index (χ0v) is 18.9. The monoisotopic (exact) mass is 444 g/mol. The molecule has 0 aliphatic carbocycles. The van der Waals surface area contributed by atoms with E-state index in [0.717, 1.165) is 15.6 Å². The van der Waals surface area contributed by atoms with Crippen molar-refractivity contribution >= 4 is 27.5 Å². The molecule has 2 aromatic rings. The lowest BCUT2D eigenvalue weighted by Gasteiger charge is -2.34. The van der Waals surface area contributed by atoms with Gasteiger partial charge in [0.05, 0.1) is 11.4 Å². The molecule has 1 N–H and O–H groups in total. The fourth-order valence-corrected chi connectivity index (χ4v) is 4.21. The number of piperazine rings is 1. The summed E-state index contributed by atoms with van der Waals surface area (Å²) >= 11 is 0. The van der Waals surface area contributed by atoms with E-state index in [-0.39, 0.29) is 23.3 Å². The number of benzene rings is 2. The van der Waals surface area contributed by atoms with Crippen LogP contribution in [0.2, 0.25) is 0 Å². The zero-order valence-electron chi connectivity index (χ0n) is 18.0. The Morgan fingerprint density at radius 3 is 2.06 bits per heavy atom. The minimum atomic E-state index is -3.52.